The van der Waals surface area contributed by atoms with E-state index in [2.05, 4.69) is 20.3 Å². The minimum atomic E-state index is -0.181. The summed E-state index contributed by atoms with van der Waals surface area (Å²) in [5, 5.41) is 9.22. The molecule has 0 aliphatic heterocycles. The van der Waals surface area contributed by atoms with Crippen LogP contribution >= 0.6 is 0 Å². The SMILES string of the molecule is Cc1noc2nc(C(C)C)cc(C(=O)N(C)CCN(C)C(=O)c3cc(C(C)C)nc4onc(C)c34)c12. The molecule has 0 atom stereocenters. The van der Waals surface area contributed by atoms with Gasteiger partial charge in [0.25, 0.3) is 23.2 Å². The molecule has 4 heterocycles. The normalized spacial score (nSPS) is 11.7. The van der Waals surface area contributed by atoms with Crippen molar-refractivity contribution in [2.75, 3.05) is 27.2 Å². The summed E-state index contributed by atoms with van der Waals surface area (Å²) >= 11 is 0. The third-order valence-corrected chi connectivity index (χ3v) is 6.38. The maximum Gasteiger partial charge on any atom is 0.259 e. The molecule has 4 rings (SSSR count). The second-order valence-corrected chi connectivity index (χ2v) is 9.85. The highest BCUT2D eigenvalue weighted by Crippen LogP contribution is 2.27. The molecule has 0 saturated carbocycles. The molecule has 0 unspecified atom stereocenters. The second-order valence-electron chi connectivity index (χ2n) is 9.85. The molecular formula is C26H32N6O4. The van der Waals surface area contributed by atoms with E-state index in [-0.39, 0.29) is 23.7 Å². The van der Waals surface area contributed by atoms with Gasteiger partial charge in [-0.15, -0.1) is 0 Å². The van der Waals surface area contributed by atoms with Gasteiger partial charge in [0.1, 0.15) is 0 Å². The molecule has 2 amide bonds. The van der Waals surface area contributed by atoms with E-state index in [9.17, 15) is 9.59 Å². The van der Waals surface area contributed by atoms with Crippen molar-refractivity contribution in [3.63, 3.8) is 0 Å². The zero-order valence-corrected chi connectivity index (χ0v) is 22.0. The fourth-order valence-corrected chi connectivity index (χ4v) is 4.07. The van der Waals surface area contributed by atoms with Crippen molar-refractivity contribution in [2.45, 2.75) is 53.4 Å². The molecule has 0 spiro atoms. The highest BCUT2D eigenvalue weighted by atomic mass is 16.5. The van der Waals surface area contributed by atoms with Crippen molar-refractivity contribution >= 4 is 34.0 Å². The molecular weight excluding hydrogens is 460 g/mol. The number of hydrogen-bond acceptors (Lipinski definition) is 8. The molecule has 10 nitrogen and oxygen atoms in total. The summed E-state index contributed by atoms with van der Waals surface area (Å²) in [7, 11) is 3.44. The topological polar surface area (TPSA) is 118 Å². The van der Waals surface area contributed by atoms with Crippen molar-refractivity contribution in [3.8, 4) is 0 Å². The number of carbonyl (C=O) groups excluding carboxylic acids is 2. The van der Waals surface area contributed by atoms with Gasteiger partial charge in [-0.25, -0.2) is 9.97 Å². The van der Waals surface area contributed by atoms with Crippen LogP contribution in [-0.2, 0) is 0 Å². The van der Waals surface area contributed by atoms with Crippen LogP contribution in [0.4, 0.5) is 0 Å². The average Bonchev–Trinajstić information content (AvgIpc) is 3.42. The summed E-state index contributed by atoms with van der Waals surface area (Å²) in [4.78, 5) is 39.1. The highest BCUT2D eigenvalue weighted by Gasteiger charge is 2.25. The van der Waals surface area contributed by atoms with Gasteiger partial charge in [0, 0.05) is 38.6 Å². The molecule has 0 aromatic carbocycles. The average molecular weight is 493 g/mol. The molecule has 4 aromatic rings. The van der Waals surface area contributed by atoms with Crippen LogP contribution in [0.25, 0.3) is 22.2 Å². The quantitative estimate of drug-likeness (QED) is 0.371. The lowest BCUT2D eigenvalue weighted by Crippen LogP contribution is -2.37. The van der Waals surface area contributed by atoms with E-state index in [4.69, 9.17) is 9.05 Å². The Kier molecular flexibility index (Phi) is 6.79. The van der Waals surface area contributed by atoms with Gasteiger partial charge in [-0.05, 0) is 37.8 Å². The molecule has 0 bridgehead atoms. The van der Waals surface area contributed by atoms with Crippen LogP contribution in [0.5, 0.6) is 0 Å². The number of amides is 2. The standard InChI is InChI=1S/C26H32N6O4/c1-13(2)19-11-17(21-15(5)29-35-23(21)27-19)25(33)31(7)9-10-32(8)26(34)18-12-20(14(3)4)28-24-22(18)16(6)30-36-24/h11-14H,9-10H2,1-8H3. The Bertz CT molecular complexity index is 1340. The molecule has 0 saturated heterocycles. The monoisotopic (exact) mass is 492 g/mol. The predicted octanol–water partition coefficient (Wildman–Crippen LogP) is 4.47. The Balaban J connectivity index is 1.55. The summed E-state index contributed by atoms with van der Waals surface area (Å²) in [6.07, 6.45) is 0. The van der Waals surface area contributed by atoms with Gasteiger partial charge in [-0.3, -0.25) is 9.59 Å². The first-order valence-electron chi connectivity index (χ1n) is 12.0. The smallest absolute Gasteiger partial charge is 0.259 e. The van der Waals surface area contributed by atoms with Crippen molar-refractivity contribution in [1.29, 1.82) is 0 Å². The Labute approximate surface area is 209 Å². The van der Waals surface area contributed by atoms with Crippen LogP contribution < -0.4 is 0 Å². The molecule has 190 valence electrons. The van der Waals surface area contributed by atoms with Gasteiger partial charge in [-0.2, -0.15) is 0 Å². The summed E-state index contributed by atoms with van der Waals surface area (Å²) < 4.78 is 10.7. The lowest BCUT2D eigenvalue weighted by atomic mass is 10.0. The third kappa shape index (κ3) is 4.55. The molecule has 0 N–H and O–H groups in total. The summed E-state index contributed by atoms with van der Waals surface area (Å²) in [6, 6.07) is 3.61. The number of pyridine rings is 2. The van der Waals surface area contributed by atoms with Gasteiger partial charge < -0.3 is 18.8 Å². The number of aromatic nitrogens is 4. The zero-order valence-electron chi connectivity index (χ0n) is 22.0. The van der Waals surface area contributed by atoms with E-state index in [1.165, 1.54) is 0 Å². The first-order valence-corrected chi connectivity index (χ1v) is 12.0. The molecule has 0 aliphatic carbocycles. The fraction of sp³-hybridized carbons (Fsp3) is 0.462. The Morgan fingerprint density at radius 3 is 1.44 bits per heavy atom. The van der Waals surface area contributed by atoms with Gasteiger partial charge >= 0.3 is 0 Å². The van der Waals surface area contributed by atoms with E-state index in [0.717, 1.165) is 11.4 Å². The molecule has 4 aromatic heterocycles. The molecule has 10 heteroatoms. The zero-order chi connectivity index (χ0) is 26.3. The van der Waals surface area contributed by atoms with Crippen molar-refractivity contribution in [3.05, 3.63) is 46.0 Å². The minimum Gasteiger partial charge on any atom is -0.340 e. The van der Waals surface area contributed by atoms with Gasteiger partial charge in [-0.1, -0.05) is 38.0 Å². The van der Waals surface area contributed by atoms with Gasteiger partial charge in [0.05, 0.1) is 33.3 Å². The molecule has 0 fully saturated rings. The molecule has 0 aliphatic rings. The van der Waals surface area contributed by atoms with Crippen LogP contribution in [0.15, 0.2) is 21.2 Å². The second kappa shape index (κ2) is 9.67. The Hall–Kier alpha value is -3.82. The van der Waals surface area contributed by atoms with E-state index in [1.54, 1.807) is 49.9 Å². The first-order chi connectivity index (χ1) is 17.0. The van der Waals surface area contributed by atoms with E-state index < -0.39 is 0 Å². The largest absolute Gasteiger partial charge is 0.340 e. The number of rotatable bonds is 7. The number of hydrogen-bond donors (Lipinski definition) is 0. The molecule has 36 heavy (non-hydrogen) atoms. The van der Waals surface area contributed by atoms with E-state index >= 15 is 0 Å². The highest BCUT2D eigenvalue weighted by molar-refractivity contribution is 6.07. The number of carbonyl (C=O) groups is 2. The van der Waals surface area contributed by atoms with E-state index in [1.807, 2.05) is 27.7 Å². The van der Waals surface area contributed by atoms with Gasteiger partial charge in [0.2, 0.25) is 0 Å². The van der Waals surface area contributed by atoms with Crippen LogP contribution in [0.3, 0.4) is 0 Å². The van der Waals surface area contributed by atoms with Crippen molar-refractivity contribution in [1.82, 2.24) is 30.1 Å². The van der Waals surface area contributed by atoms with Crippen LogP contribution in [0.2, 0.25) is 0 Å². The van der Waals surface area contributed by atoms with Crippen molar-refractivity contribution < 1.29 is 18.6 Å². The fourth-order valence-electron chi connectivity index (χ4n) is 4.07. The Morgan fingerprint density at radius 2 is 1.11 bits per heavy atom. The minimum absolute atomic E-state index is 0.120. The lowest BCUT2D eigenvalue weighted by molar-refractivity contribution is 0.0720. The van der Waals surface area contributed by atoms with Gasteiger partial charge in [0.15, 0.2) is 0 Å². The summed E-state index contributed by atoms with van der Waals surface area (Å²) in [6.45, 7) is 12.3. The summed E-state index contributed by atoms with van der Waals surface area (Å²) in [5.74, 6) is -0.122. The van der Waals surface area contributed by atoms with Crippen LogP contribution in [0, 0.1) is 13.8 Å². The Morgan fingerprint density at radius 1 is 0.750 bits per heavy atom. The molecule has 0 radical (unpaired) electrons. The predicted molar refractivity (Wildman–Crippen MR) is 135 cm³/mol. The summed E-state index contributed by atoms with van der Waals surface area (Å²) in [5.41, 5.74) is 4.45. The number of likely N-dealkylation sites (N-methyl/N-ethyl adjacent to an activating group) is 2. The van der Waals surface area contributed by atoms with Crippen LogP contribution in [0.1, 0.15) is 83.0 Å². The number of fused-ring (bicyclic) bond motifs is 2. The first kappa shape index (κ1) is 25.3. The maximum absolute atomic E-state index is 13.4. The lowest BCUT2D eigenvalue weighted by Gasteiger charge is -2.23. The van der Waals surface area contributed by atoms with Crippen LogP contribution in [-0.4, -0.2) is 69.1 Å². The number of nitrogens with zero attached hydrogens (tertiary/aromatic N) is 6. The maximum atomic E-state index is 13.4. The van der Waals surface area contributed by atoms with Crippen molar-refractivity contribution in [2.24, 2.45) is 0 Å². The van der Waals surface area contributed by atoms with E-state index in [0.29, 0.717) is 57.8 Å². The third-order valence-electron chi connectivity index (χ3n) is 6.38. The number of aryl methyl sites for hydroxylation is 2.